The minimum Gasteiger partial charge on any atom is -0.396 e. The number of rotatable bonds is 2. The first-order valence-electron chi connectivity index (χ1n) is 3.65. The number of fused-ring (bicyclic) bond motifs is 1. The van der Waals surface area contributed by atoms with E-state index in [0.717, 1.165) is 11.2 Å². The zero-order valence-electron chi connectivity index (χ0n) is 6.36. The van der Waals surface area contributed by atoms with Gasteiger partial charge in [0.1, 0.15) is 11.8 Å². The van der Waals surface area contributed by atoms with Crippen molar-refractivity contribution in [2.75, 3.05) is 6.61 Å². The fourth-order valence-corrected chi connectivity index (χ4v) is 1.10. The highest BCUT2D eigenvalue weighted by Crippen LogP contribution is 2.08. The first-order chi connectivity index (χ1) is 5.92. The van der Waals surface area contributed by atoms with Crippen LogP contribution in [0.25, 0.3) is 11.2 Å². The molecule has 0 saturated heterocycles. The molecule has 12 heavy (non-hydrogen) atoms. The molecule has 62 valence electrons. The molecule has 0 amide bonds. The summed E-state index contributed by atoms with van der Waals surface area (Å²) in [6.07, 6.45) is 3.55. The maximum absolute atomic E-state index is 8.72. The highest BCUT2D eigenvalue weighted by Gasteiger charge is 2.03. The molecule has 0 aliphatic carbocycles. The Morgan fingerprint density at radius 3 is 3.08 bits per heavy atom. The summed E-state index contributed by atoms with van der Waals surface area (Å²) in [5.74, 6) is 0. The summed E-state index contributed by atoms with van der Waals surface area (Å²) in [7, 11) is 0. The molecule has 0 unspecified atom stereocenters. The number of H-pyrrole nitrogens is 1. The van der Waals surface area contributed by atoms with Crippen LogP contribution in [0.1, 0.15) is 5.69 Å². The Hall–Kier alpha value is -1.49. The van der Waals surface area contributed by atoms with Gasteiger partial charge >= 0.3 is 0 Å². The molecule has 0 aromatic carbocycles. The van der Waals surface area contributed by atoms with E-state index in [0.29, 0.717) is 12.1 Å². The molecule has 0 spiro atoms. The summed E-state index contributed by atoms with van der Waals surface area (Å²) >= 11 is 0. The fraction of sp³-hybridized carbons (Fsp3) is 0.286. The van der Waals surface area contributed by atoms with Gasteiger partial charge in [0, 0.05) is 13.0 Å². The van der Waals surface area contributed by atoms with Gasteiger partial charge in [-0.25, -0.2) is 15.0 Å². The fourth-order valence-electron chi connectivity index (χ4n) is 1.10. The number of hydrogen-bond donors (Lipinski definition) is 2. The number of hydrogen-bond acceptors (Lipinski definition) is 4. The lowest BCUT2D eigenvalue weighted by Gasteiger charge is -1.95. The van der Waals surface area contributed by atoms with E-state index in [-0.39, 0.29) is 6.61 Å². The van der Waals surface area contributed by atoms with Gasteiger partial charge in [-0.1, -0.05) is 0 Å². The lowest BCUT2D eigenvalue weighted by atomic mass is 10.3. The Morgan fingerprint density at radius 1 is 1.33 bits per heavy atom. The van der Waals surface area contributed by atoms with E-state index in [1.54, 1.807) is 6.33 Å². The van der Waals surface area contributed by atoms with Crippen LogP contribution in [0, 0.1) is 0 Å². The van der Waals surface area contributed by atoms with Crippen molar-refractivity contribution in [3.8, 4) is 0 Å². The monoisotopic (exact) mass is 164 g/mol. The van der Waals surface area contributed by atoms with Crippen molar-refractivity contribution in [1.82, 2.24) is 19.9 Å². The number of nitrogens with zero attached hydrogens (tertiary/aromatic N) is 3. The molecule has 0 atom stereocenters. The normalized spacial score (nSPS) is 10.8. The number of imidazole rings is 1. The number of aliphatic hydroxyl groups is 1. The lowest BCUT2D eigenvalue weighted by molar-refractivity contribution is 0.298. The van der Waals surface area contributed by atoms with Crippen molar-refractivity contribution >= 4 is 11.2 Å². The Morgan fingerprint density at radius 2 is 2.25 bits per heavy atom. The largest absolute Gasteiger partial charge is 0.396 e. The summed E-state index contributed by atoms with van der Waals surface area (Å²) in [6, 6.07) is 0. The Labute approximate surface area is 68.5 Å². The van der Waals surface area contributed by atoms with Gasteiger partial charge in [-0.15, -0.1) is 0 Å². The van der Waals surface area contributed by atoms with Crippen LogP contribution in [-0.2, 0) is 6.42 Å². The first-order valence-corrected chi connectivity index (χ1v) is 3.65. The predicted molar refractivity (Wildman–Crippen MR) is 42.5 cm³/mol. The minimum absolute atomic E-state index is 0.0823. The molecule has 0 fully saturated rings. The Balaban J connectivity index is 2.57. The molecule has 0 aliphatic heterocycles. The van der Waals surface area contributed by atoms with Crippen LogP contribution in [0.15, 0.2) is 12.7 Å². The van der Waals surface area contributed by atoms with Crippen molar-refractivity contribution < 1.29 is 5.11 Å². The molecule has 2 aromatic rings. The first kappa shape index (κ1) is 7.17. The van der Waals surface area contributed by atoms with E-state index in [9.17, 15) is 0 Å². The summed E-state index contributed by atoms with van der Waals surface area (Å²) in [6.45, 7) is 0.0823. The number of aromatic amines is 1. The van der Waals surface area contributed by atoms with Crippen LogP contribution in [0.2, 0.25) is 0 Å². The molecule has 0 aliphatic rings. The molecule has 0 radical (unpaired) electrons. The van der Waals surface area contributed by atoms with Crippen molar-refractivity contribution in [2.24, 2.45) is 0 Å². The van der Waals surface area contributed by atoms with Gasteiger partial charge < -0.3 is 10.1 Å². The van der Waals surface area contributed by atoms with E-state index in [1.165, 1.54) is 6.33 Å². The average Bonchev–Trinajstić information content (AvgIpc) is 2.53. The molecular weight excluding hydrogens is 156 g/mol. The molecule has 2 N–H and O–H groups in total. The van der Waals surface area contributed by atoms with Crippen molar-refractivity contribution in [3.05, 3.63) is 18.3 Å². The SMILES string of the molecule is OCCc1ncnc2[nH]cnc12. The summed E-state index contributed by atoms with van der Waals surface area (Å²) in [5.41, 5.74) is 2.24. The highest BCUT2D eigenvalue weighted by molar-refractivity contribution is 5.71. The van der Waals surface area contributed by atoms with E-state index in [1.807, 2.05) is 0 Å². The zero-order chi connectivity index (χ0) is 8.39. The van der Waals surface area contributed by atoms with Crippen LogP contribution >= 0.6 is 0 Å². The molecule has 5 heteroatoms. The molecule has 5 nitrogen and oxygen atoms in total. The Kier molecular flexibility index (Phi) is 1.71. The van der Waals surface area contributed by atoms with Gasteiger partial charge in [-0.2, -0.15) is 0 Å². The third kappa shape index (κ3) is 1.04. The topological polar surface area (TPSA) is 74.7 Å². The van der Waals surface area contributed by atoms with E-state index in [2.05, 4.69) is 19.9 Å². The second-order valence-electron chi connectivity index (χ2n) is 2.39. The van der Waals surface area contributed by atoms with Gasteiger partial charge in [-0.3, -0.25) is 0 Å². The average molecular weight is 164 g/mol. The second kappa shape index (κ2) is 2.86. The molecular formula is C7H8N4O. The Bertz CT molecular complexity index is 384. The van der Waals surface area contributed by atoms with E-state index in [4.69, 9.17) is 5.11 Å². The van der Waals surface area contributed by atoms with Gasteiger partial charge in [-0.05, 0) is 0 Å². The second-order valence-corrected chi connectivity index (χ2v) is 2.39. The molecule has 0 saturated carbocycles. The standard InChI is InChI=1S/C7H8N4O/c12-2-1-5-6-7(10-3-8-5)11-4-9-6/h3-4,12H,1-2H2,(H,8,9,10,11). The van der Waals surface area contributed by atoms with Crippen LogP contribution < -0.4 is 0 Å². The molecule has 0 bridgehead atoms. The van der Waals surface area contributed by atoms with Crippen molar-refractivity contribution in [2.45, 2.75) is 6.42 Å². The lowest BCUT2D eigenvalue weighted by Crippen LogP contribution is -1.96. The molecule has 2 aromatic heterocycles. The van der Waals surface area contributed by atoms with Crippen LogP contribution in [-0.4, -0.2) is 31.6 Å². The predicted octanol–water partition coefficient (Wildman–Crippen LogP) is -0.112. The third-order valence-electron chi connectivity index (χ3n) is 1.64. The van der Waals surface area contributed by atoms with Gasteiger partial charge in [0.2, 0.25) is 0 Å². The van der Waals surface area contributed by atoms with E-state index >= 15 is 0 Å². The summed E-state index contributed by atoms with van der Waals surface area (Å²) < 4.78 is 0. The summed E-state index contributed by atoms with van der Waals surface area (Å²) in [4.78, 5) is 14.9. The van der Waals surface area contributed by atoms with Crippen molar-refractivity contribution in [1.29, 1.82) is 0 Å². The van der Waals surface area contributed by atoms with Crippen LogP contribution in [0.3, 0.4) is 0 Å². The third-order valence-corrected chi connectivity index (χ3v) is 1.64. The van der Waals surface area contributed by atoms with Crippen LogP contribution in [0.5, 0.6) is 0 Å². The minimum atomic E-state index is 0.0823. The quantitative estimate of drug-likeness (QED) is 0.649. The van der Waals surface area contributed by atoms with Crippen molar-refractivity contribution in [3.63, 3.8) is 0 Å². The van der Waals surface area contributed by atoms with Crippen LogP contribution in [0.4, 0.5) is 0 Å². The van der Waals surface area contributed by atoms with Gasteiger partial charge in [0.25, 0.3) is 0 Å². The maximum atomic E-state index is 8.72. The van der Waals surface area contributed by atoms with Gasteiger partial charge in [0.15, 0.2) is 5.65 Å². The van der Waals surface area contributed by atoms with Gasteiger partial charge in [0.05, 0.1) is 12.0 Å². The number of aliphatic hydroxyl groups excluding tert-OH is 1. The maximum Gasteiger partial charge on any atom is 0.160 e. The number of aromatic nitrogens is 4. The highest BCUT2D eigenvalue weighted by atomic mass is 16.3. The zero-order valence-corrected chi connectivity index (χ0v) is 6.36. The summed E-state index contributed by atoms with van der Waals surface area (Å²) in [5, 5.41) is 8.72. The number of nitrogens with one attached hydrogen (secondary N) is 1. The smallest absolute Gasteiger partial charge is 0.160 e. The molecule has 2 rings (SSSR count). The van der Waals surface area contributed by atoms with E-state index < -0.39 is 0 Å². The molecule has 2 heterocycles.